The molecule has 2 aliphatic heterocycles. The summed E-state index contributed by atoms with van der Waals surface area (Å²) < 4.78 is 22.7. The average molecular weight is 584 g/mol. The van der Waals surface area contributed by atoms with Gasteiger partial charge in [-0.2, -0.15) is 0 Å². The number of carboxylic acid groups (broad SMARTS) is 1. The van der Waals surface area contributed by atoms with E-state index in [0.717, 1.165) is 37.8 Å². The van der Waals surface area contributed by atoms with Crippen LogP contribution in [0, 0.1) is 5.92 Å². The van der Waals surface area contributed by atoms with Gasteiger partial charge in [0.05, 0.1) is 25.6 Å². The van der Waals surface area contributed by atoms with Crippen molar-refractivity contribution < 1.29 is 33.6 Å². The van der Waals surface area contributed by atoms with Crippen molar-refractivity contribution >= 4 is 11.9 Å². The van der Waals surface area contributed by atoms with E-state index in [1.54, 1.807) is 19.2 Å². The van der Waals surface area contributed by atoms with E-state index in [-0.39, 0.29) is 31.8 Å². The van der Waals surface area contributed by atoms with Crippen molar-refractivity contribution in [3.05, 3.63) is 48.0 Å². The van der Waals surface area contributed by atoms with E-state index in [4.69, 9.17) is 18.9 Å². The number of methoxy groups -OCH3 is 1. The third-order valence-electron chi connectivity index (χ3n) is 8.09. The molecule has 0 bridgehead atoms. The maximum absolute atomic E-state index is 13.8. The Balaban J connectivity index is 1.57. The first-order chi connectivity index (χ1) is 20.3. The highest BCUT2D eigenvalue weighted by molar-refractivity contribution is 5.79. The van der Waals surface area contributed by atoms with Gasteiger partial charge < -0.3 is 33.9 Å². The monoisotopic (exact) mass is 583 g/mol. The molecule has 1 N–H and O–H groups in total. The summed E-state index contributed by atoms with van der Waals surface area (Å²) in [7, 11) is 5.67. The molecule has 4 rings (SSSR count). The lowest BCUT2D eigenvalue weighted by Gasteiger charge is -2.30. The SMILES string of the molecule is CCCCN(CCCCN(C)C)C(=O)CN1C[C@H](c2ccc3c(c2)OCO3)[C@@H](C(=O)O)[C@@H]1COc1ccccc1OC. The molecule has 0 saturated carbocycles. The minimum atomic E-state index is -0.923. The Morgan fingerprint density at radius 1 is 1.00 bits per heavy atom. The quantitative estimate of drug-likeness (QED) is 0.295. The van der Waals surface area contributed by atoms with Gasteiger partial charge in [-0.15, -0.1) is 0 Å². The highest BCUT2D eigenvalue weighted by Crippen LogP contribution is 2.42. The van der Waals surface area contributed by atoms with Crippen molar-refractivity contribution in [3.8, 4) is 23.0 Å². The van der Waals surface area contributed by atoms with Crippen LogP contribution in [0.3, 0.4) is 0 Å². The van der Waals surface area contributed by atoms with Crippen molar-refractivity contribution in [2.75, 3.05) is 67.3 Å². The number of carbonyl (C=O) groups excluding carboxylic acids is 1. The normalized spacial score (nSPS) is 19.7. The number of ether oxygens (including phenoxy) is 4. The lowest BCUT2D eigenvalue weighted by atomic mass is 9.85. The molecule has 0 radical (unpaired) electrons. The zero-order valence-corrected chi connectivity index (χ0v) is 25.3. The molecule has 230 valence electrons. The summed E-state index contributed by atoms with van der Waals surface area (Å²) in [4.78, 5) is 32.7. The number of carboxylic acids is 1. The molecule has 2 heterocycles. The molecule has 1 saturated heterocycles. The summed E-state index contributed by atoms with van der Waals surface area (Å²) in [6, 6.07) is 12.4. The molecule has 10 nitrogen and oxygen atoms in total. The summed E-state index contributed by atoms with van der Waals surface area (Å²) in [5.74, 6) is 0.299. The Kier molecular flexibility index (Phi) is 11.3. The van der Waals surface area contributed by atoms with Gasteiger partial charge in [0.25, 0.3) is 0 Å². The van der Waals surface area contributed by atoms with Gasteiger partial charge >= 0.3 is 5.97 Å². The number of aliphatic carboxylic acids is 1. The Hall–Kier alpha value is -3.50. The molecule has 42 heavy (non-hydrogen) atoms. The number of rotatable bonds is 16. The minimum absolute atomic E-state index is 0.0195. The summed E-state index contributed by atoms with van der Waals surface area (Å²) in [6.45, 7) is 5.26. The van der Waals surface area contributed by atoms with Crippen molar-refractivity contribution in [1.29, 1.82) is 0 Å². The molecule has 3 atom stereocenters. The Morgan fingerprint density at radius 2 is 1.71 bits per heavy atom. The standard InChI is InChI=1S/C32H45N3O7/c1-5-6-16-34(17-10-9-15-33(2)3)30(36)20-35-19-24(23-13-14-28-29(18-23)42-22-41-28)31(32(37)38)25(35)21-40-27-12-8-7-11-26(27)39-4/h7-8,11-14,18,24-25,31H,5-6,9-10,15-17,19-22H2,1-4H3,(H,37,38)/t24-,25+,31-/m1/s1. The fourth-order valence-corrected chi connectivity index (χ4v) is 5.81. The van der Waals surface area contributed by atoms with Crippen LogP contribution in [0.2, 0.25) is 0 Å². The molecule has 2 aromatic rings. The molecule has 10 heteroatoms. The second-order valence-electron chi connectivity index (χ2n) is 11.3. The smallest absolute Gasteiger partial charge is 0.308 e. The van der Waals surface area contributed by atoms with Gasteiger partial charge in [0.15, 0.2) is 23.0 Å². The number of hydrogen-bond donors (Lipinski definition) is 1. The van der Waals surface area contributed by atoms with Gasteiger partial charge in [-0.05, 0) is 69.7 Å². The number of benzene rings is 2. The molecule has 1 fully saturated rings. The molecule has 0 aromatic heterocycles. The first-order valence-electron chi connectivity index (χ1n) is 14.9. The second-order valence-corrected chi connectivity index (χ2v) is 11.3. The highest BCUT2D eigenvalue weighted by atomic mass is 16.7. The van der Waals surface area contributed by atoms with E-state index < -0.39 is 17.9 Å². The van der Waals surface area contributed by atoms with Crippen molar-refractivity contribution in [1.82, 2.24) is 14.7 Å². The number of carbonyl (C=O) groups is 2. The van der Waals surface area contributed by atoms with Gasteiger partial charge in [0, 0.05) is 25.6 Å². The second kappa shape index (κ2) is 15.1. The van der Waals surface area contributed by atoms with Crippen LogP contribution in [-0.4, -0.2) is 105 Å². The third-order valence-corrected chi connectivity index (χ3v) is 8.09. The van der Waals surface area contributed by atoms with E-state index in [1.165, 1.54) is 0 Å². The number of fused-ring (bicyclic) bond motifs is 1. The van der Waals surface area contributed by atoms with Crippen LogP contribution in [-0.2, 0) is 9.59 Å². The topological polar surface area (TPSA) is 101 Å². The van der Waals surface area contributed by atoms with Crippen LogP contribution in [0.4, 0.5) is 0 Å². The lowest BCUT2D eigenvalue weighted by Crippen LogP contribution is -2.46. The van der Waals surface area contributed by atoms with Gasteiger partial charge in [-0.25, -0.2) is 0 Å². The number of amides is 1. The van der Waals surface area contributed by atoms with Crippen LogP contribution < -0.4 is 18.9 Å². The predicted molar refractivity (Wildman–Crippen MR) is 160 cm³/mol. The fraction of sp³-hybridized carbons (Fsp3) is 0.562. The number of likely N-dealkylation sites (tertiary alicyclic amines) is 1. The van der Waals surface area contributed by atoms with Gasteiger partial charge in [-0.3, -0.25) is 14.5 Å². The molecule has 0 unspecified atom stereocenters. The summed E-state index contributed by atoms with van der Waals surface area (Å²) in [6.07, 6.45) is 3.85. The van der Waals surface area contributed by atoms with Crippen LogP contribution in [0.1, 0.15) is 44.1 Å². The predicted octanol–water partition coefficient (Wildman–Crippen LogP) is 3.94. The molecule has 2 aliphatic rings. The van der Waals surface area contributed by atoms with Gasteiger partial charge in [-0.1, -0.05) is 31.5 Å². The molecular formula is C32H45N3O7. The first-order valence-corrected chi connectivity index (χ1v) is 14.9. The van der Waals surface area contributed by atoms with Gasteiger partial charge in [0.1, 0.15) is 6.61 Å². The van der Waals surface area contributed by atoms with E-state index in [2.05, 4.69) is 25.9 Å². The Morgan fingerprint density at radius 3 is 2.43 bits per heavy atom. The van der Waals surface area contributed by atoms with E-state index in [0.29, 0.717) is 42.6 Å². The zero-order valence-electron chi connectivity index (χ0n) is 25.3. The number of unbranched alkanes of at least 4 members (excludes halogenated alkanes) is 2. The fourth-order valence-electron chi connectivity index (χ4n) is 5.81. The molecular weight excluding hydrogens is 538 g/mol. The maximum atomic E-state index is 13.8. The van der Waals surface area contributed by atoms with Crippen LogP contribution in [0.25, 0.3) is 0 Å². The summed E-state index contributed by atoms with van der Waals surface area (Å²) in [5, 5.41) is 10.5. The number of nitrogens with zero attached hydrogens (tertiary/aromatic N) is 3. The summed E-state index contributed by atoms with van der Waals surface area (Å²) in [5.41, 5.74) is 0.843. The van der Waals surface area contributed by atoms with Crippen molar-refractivity contribution in [2.45, 2.75) is 44.6 Å². The van der Waals surface area contributed by atoms with Crippen molar-refractivity contribution in [2.24, 2.45) is 5.92 Å². The lowest BCUT2D eigenvalue weighted by molar-refractivity contribution is -0.144. The minimum Gasteiger partial charge on any atom is -0.493 e. The first kappa shape index (κ1) is 31.4. The highest BCUT2D eigenvalue weighted by Gasteiger charge is 2.48. The van der Waals surface area contributed by atoms with Crippen molar-refractivity contribution in [3.63, 3.8) is 0 Å². The third kappa shape index (κ3) is 7.86. The van der Waals surface area contributed by atoms with Crippen LogP contribution in [0.15, 0.2) is 42.5 Å². The average Bonchev–Trinajstić information content (AvgIpc) is 3.59. The number of para-hydroxylation sites is 2. The molecule has 0 aliphatic carbocycles. The largest absolute Gasteiger partial charge is 0.493 e. The zero-order chi connectivity index (χ0) is 30.1. The molecule has 1 amide bonds. The number of hydrogen-bond acceptors (Lipinski definition) is 8. The molecule has 0 spiro atoms. The van der Waals surface area contributed by atoms with E-state index in [1.807, 2.05) is 40.1 Å². The van der Waals surface area contributed by atoms with Crippen LogP contribution >= 0.6 is 0 Å². The maximum Gasteiger partial charge on any atom is 0.308 e. The molecule has 2 aromatic carbocycles. The summed E-state index contributed by atoms with van der Waals surface area (Å²) >= 11 is 0. The van der Waals surface area contributed by atoms with Crippen LogP contribution in [0.5, 0.6) is 23.0 Å². The van der Waals surface area contributed by atoms with E-state index >= 15 is 0 Å². The van der Waals surface area contributed by atoms with E-state index in [9.17, 15) is 14.7 Å². The van der Waals surface area contributed by atoms with Gasteiger partial charge in [0.2, 0.25) is 12.7 Å². The Bertz CT molecular complexity index is 1190. The Labute approximate surface area is 249 Å².